The number of nitriles is 1. The van der Waals surface area contributed by atoms with Gasteiger partial charge in [0.25, 0.3) is 0 Å². The largest absolute Gasteiger partial charge is 0.492 e. The van der Waals surface area contributed by atoms with Crippen LogP contribution in [0.3, 0.4) is 0 Å². The van der Waals surface area contributed by atoms with E-state index in [-0.39, 0.29) is 0 Å². The molecule has 0 N–H and O–H groups in total. The number of ether oxygens (including phenoxy) is 1. The van der Waals surface area contributed by atoms with Gasteiger partial charge >= 0.3 is 0 Å². The van der Waals surface area contributed by atoms with Gasteiger partial charge < -0.3 is 4.74 Å². The fourth-order valence-corrected chi connectivity index (χ4v) is 2.04. The molecule has 0 radical (unpaired) electrons. The van der Waals surface area contributed by atoms with Gasteiger partial charge in [0.05, 0.1) is 12.2 Å². The van der Waals surface area contributed by atoms with Gasteiger partial charge in [-0.2, -0.15) is 5.26 Å². The van der Waals surface area contributed by atoms with Crippen molar-refractivity contribution in [3.8, 4) is 11.8 Å². The topological polar surface area (TPSA) is 33.0 Å². The molecule has 0 aromatic heterocycles. The molecule has 0 spiro atoms. The van der Waals surface area contributed by atoms with Gasteiger partial charge in [0.15, 0.2) is 0 Å². The van der Waals surface area contributed by atoms with Crippen molar-refractivity contribution < 1.29 is 4.74 Å². The second-order valence-corrected chi connectivity index (χ2v) is 4.50. The minimum absolute atomic E-state index is 0.647. The summed E-state index contributed by atoms with van der Waals surface area (Å²) in [5.74, 6) is 1.62. The number of benzene rings is 1. The van der Waals surface area contributed by atoms with Crippen LogP contribution < -0.4 is 4.74 Å². The van der Waals surface area contributed by atoms with Crippen LogP contribution in [0, 0.1) is 24.2 Å². The maximum Gasteiger partial charge on any atom is 0.139 e. The third-order valence-corrected chi connectivity index (χ3v) is 3.33. The number of hydrogen-bond acceptors (Lipinski definition) is 2. The molecule has 0 atom stereocenters. The molecular formula is C14H17NO. The predicted octanol–water partition coefficient (Wildman–Crippen LogP) is 3.44. The summed E-state index contributed by atoms with van der Waals surface area (Å²) in [4.78, 5) is 0. The van der Waals surface area contributed by atoms with E-state index in [1.807, 2.05) is 25.1 Å². The molecule has 84 valence electrons. The van der Waals surface area contributed by atoms with E-state index in [1.54, 1.807) is 0 Å². The van der Waals surface area contributed by atoms with E-state index in [4.69, 9.17) is 10.00 Å². The van der Waals surface area contributed by atoms with Crippen LogP contribution in [0.25, 0.3) is 0 Å². The maximum absolute atomic E-state index is 8.98. The van der Waals surface area contributed by atoms with Crippen LogP contribution >= 0.6 is 0 Å². The predicted molar refractivity (Wildman–Crippen MR) is 63.3 cm³/mol. The van der Waals surface area contributed by atoms with Crippen LogP contribution in [0.4, 0.5) is 0 Å². The molecule has 1 saturated carbocycles. The summed E-state index contributed by atoms with van der Waals surface area (Å²) >= 11 is 0. The lowest BCUT2D eigenvalue weighted by atomic mass is 9.83. The fourth-order valence-electron chi connectivity index (χ4n) is 2.04. The second kappa shape index (κ2) is 5.03. The normalized spacial score (nSPS) is 15.2. The van der Waals surface area contributed by atoms with E-state index < -0.39 is 0 Å². The summed E-state index contributed by atoms with van der Waals surface area (Å²) in [6.45, 7) is 2.73. The highest BCUT2D eigenvalue weighted by molar-refractivity contribution is 5.47. The van der Waals surface area contributed by atoms with Crippen LogP contribution in [0.15, 0.2) is 18.2 Å². The molecule has 0 heterocycles. The Kier molecular flexibility index (Phi) is 3.46. The van der Waals surface area contributed by atoms with Crippen molar-refractivity contribution in [3.05, 3.63) is 29.3 Å². The standard InChI is InChI=1S/C14H17NO/c1-11-4-2-7-13(10-15)14(11)16-9-8-12-5-3-6-12/h2,4,7,12H,3,5-6,8-9H2,1H3. The molecule has 0 saturated heterocycles. The lowest BCUT2D eigenvalue weighted by Gasteiger charge is -2.25. The highest BCUT2D eigenvalue weighted by atomic mass is 16.5. The van der Waals surface area contributed by atoms with Crippen molar-refractivity contribution in [1.29, 1.82) is 5.26 Å². The molecule has 0 bridgehead atoms. The molecule has 2 heteroatoms. The Labute approximate surface area is 96.9 Å². The Morgan fingerprint density at radius 3 is 2.88 bits per heavy atom. The van der Waals surface area contributed by atoms with E-state index in [2.05, 4.69) is 6.07 Å². The van der Waals surface area contributed by atoms with Crippen LogP contribution in [0.2, 0.25) is 0 Å². The summed E-state index contributed by atoms with van der Waals surface area (Å²) in [5.41, 5.74) is 1.70. The first-order chi connectivity index (χ1) is 7.81. The Morgan fingerprint density at radius 1 is 1.44 bits per heavy atom. The minimum atomic E-state index is 0.647. The summed E-state index contributed by atoms with van der Waals surface area (Å²) in [5, 5.41) is 8.98. The Morgan fingerprint density at radius 2 is 2.25 bits per heavy atom. The van der Waals surface area contributed by atoms with Gasteiger partial charge in [-0.05, 0) is 30.9 Å². The van der Waals surface area contributed by atoms with Crippen molar-refractivity contribution >= 4 is 0 Å². The van der Waals surface area contributed by atoms with E-state index >= 15 is 0 Å². The summed E-state index contributed by atoms with van der Waals surface area (Å²) < 4.78 is 5.74. The van der Waals surface area contributed by atoms with Gasteiger partial charge in [0, 0.05) is 0 Å². The van der Waals surface area contributed by atoms with E-state index in [1.165, 1.54) is 19.3 Å². The van der Waals surface area contributed by atoms with Gasteiger partial charge in [-0.25, -0.2) is 0 Å². The van der Waals surface area contributed by atoms with Crippen LogP contribution in [-0.2, 0) is 0 Å². The number of rotatable bonds is 4. The third-order valence-electron chi connectivity index (χ3n) is 3.33. The zero-order valence-electron chi connectivity index (χ0n) is 9.70. The van der Waals surface area contributed by atoms with Crippen molar-refractivity contribution in [2.45, 2.75) is 32.6 Å². The quantitative estimate of drug-likeness (QED) is 0.770. The Bertz CT molecular complexity index is 402. The summed E-state index contributed by atoms with van der Waals surface area (Å²) in [6.07, 6.45) is 5.20. The lowest BCUT2D eigenvalue weighted by molar-refractivity contribution is 0.221. The van der Waals surface area contributed by atoms with Crippen molar-refractivity contribution in [2.24, 2.45) is 5.92 Å². The van der Waals surface area contributed by atoms with Crippen LogP contribution in [0.5, 0.6) is 5.75 Å². The molecule has 2 rings (SSSR count). The maximum atomic E-state index is 8.98. The molecule has 2 nitrogen and oxygen atoms in total. The highest BCUT2D eigenvalue weighted by Crippen LogP contribution is 2.30. The molecule has 0 aliphatic heterocycles. The van der Waals surface area contributed by atoms with Gasteiger partial charge in [0.2, 0.25) is 0 Å². The highest BCUT2D eigenvalue weighted by Gasteiger charge is 2.17. The van der Waals surface area contributed by atoms with E-state index in [9.17, 15) is 0 Å². The Hall–Kier alpha value is -1.49. The summed E-state index contributed by atoms with van der Waals surface area (Å²) in [6, 6.07) is 7.87. The molecule has 0 amide bonds. The van der Waals surface area contributed by atoms with Crippen LogP contribution in [-0.4, -0.2) is 6.61 Å². The van der Waals surface area contributed by atoms with Gasteiger partial charge in [0.1, 0.15) is 11.8 Å². The molecule has 1 aliphatic rings. The monoisotopic (exact) mass is 215 g/mol. The first-order valence-electron chi connectivity index (χ1n) is 5.94. The minimum Gasteiger partial charge on any atom is -0.492 e. The second-order valence-electron chi connectivity index (χ2n) is 4.50. The van der Waals surface area contributed by atoms with Gasteiger partial charge in [-0.15, -0.1) is 0 Å². The number of para-hydroxylation sites is 1. The van der Waals surface area contributed by atoms with E-state index in [0.29, 0.717) is 5.56 Å². The van der Waals surface area contributed by atoms with Crippen molar-refractivity contribution in [3.63, 3.8) is 0 Å². The molecule has 1 aliphatic carbocycles. The number of aryl methyl sites for hydroxylation is 1. The molecular weight excluding hydrogens is 198 g/mol. The number of hydrogen-bond donors (Lipinski definition) is 0. The fraction of sp³-hybridized carbons (Fsp3) is 0.500. The smallest absolute Gasteiger partial charge is 0.139 e. The molecule has 0 unspecified atom stereocenters. The molecule has 1 aromatic rings. The lowest BCUT2D eigenvalue weighted by Crippen LogP contribution is -2.14. The average molecular weight is 215 g/mol. The molecule has 1 fully saturated rings. The number of nitrogens with zero attached hydrogens (tertiary/aromatic N) is 1. The van der Waals surface area contributed by atoms with Crippen molar-refractivity contribution in [1.82, 2.24) is 0 Å². The third kappa shape index (κ3) is 2.36. The zero-order valence-corrected chi connectivity index (χ0v) is 9.70. The van der Waals surface area contributed by atoms with Gasteiger partial charge in [-0.1, -0.05) is 31.4 Å². The van der Waals surface area contributed by atoms with E-state index in [0.717, 1.165) is 30.3 Å². The SMILES string of the molecule is Cc1cccc(C#N)c1OCCC1CCC1. The van der Waals surface area contributed by atoms with Gasteiger partial charge in [-0.3, -0.25) is 0 Å². The van der Waals surface area contributed by atoms with Crippen LogP contribution in [0.1, 0.15) is 36.8 Å². The summed E-state index contributed by atoms with van der Waals surface area (Å²) in [7, 11) is 0. The van der Waals surface area contributed by atoms with Crippen molar-refractivity contribution in [2.75, 3.05) is 6.61 Å². The first kappa shape index (κ1) is 11.0. The Balaban J connectivity index is 1.94. The molecule has 16 heavy (non-hydrogen) atoms. The first-order valence-corrected chi connectivity index (χ1v) is 5.94. The zero-order chi connectivity index (χ0) is 11.4. The average Bonchev–Trinajstić information content (AvgIpc) is 2.23. The molecule has 1 aromatic carbocycles.